The van der Waals surface area contributed by atoms with E-state index in [2.05, 4.69) is 4.98 Å². The summed E-state index contributed by atoms with van der Waals surface area (Å²) in [6.45, 7) is 0. The van der Waals surface area contributed by atoms with Crippen LogP contribution in [0, 0.1) is 5.92 Å². The Balaban J connectivity index is 1.80. The summed E-state index contributed by atoms with van der Waals surface area (Å²) >= 11 is 0. The summed E-state index contributed by atoms with van der Waals surface area (Å²) < 4.78 is 0. The largest absolute Gasteiger partial charge is 0.299 e. The van der Waals surface area contributed by atoms with Crippen LogP contribution in [0.3, 0.4) is 0 Å². The molecule has 2 nitrogen and oxygen atoms in total. The highest BCUT2D eigenvalue weighted by molar-refractivity contribution is 5.81. The van der Waals surface area contributed by atoms with E-state index in [0.717, 1.165) is 25.0 Å². The Morgan fingerprint density at radius 3 is 2.80 bits per heavy atom. The van der Waals surface area contributed by atoms with Crippen molar-refractivity contribution in [3.63, 3.8) is 0 Å². The summed E-state index contributed by atoms with van der Waals surface area (Å²) in [5.41, 5.74) is 1.03. The van der Waals surface area contributed by atoms with Gasteiger partial charge >= 0.3 is 0 Å². The highest BCUT2D eigenvalue weighted by Gasteiger charge is 2.21. The number of pyridine rings is 1. The summed E-state index contributed by atoms with van der Waals surface area (Å²) in [6.07, 6.45) is 7.95. The highest BCUT2D eigenvalue weighted by atomic mass is 16.1. The molecule has 0 bridgehead atoms. The highest BCUT2D eigenvalue weighted by Crippen LogP contribution is 2.26. The molecule has 15 heavy (non-hydrogen) atoms. The fraction of sp³-hybridized carbons (Fsp3) is 0.538. The van der Waals surface area contributed by atoms with Crippen LogP contribution in [0.4, 0.5) is 0 Å². The minimum Gasteiger partial charge on any atom is -0.299 e. The molecule has 1 fully saturated rings. The Labute approximate surface area is 90.7 Å². The number of nitrogens with zero attached hydrogens (tertiary/aromatic N) is 1. The molecule has 0 radical (unpaired) electrons. The van der Waals surface area contributed by atoms with Gasteiger partial charge in [-0.3, -0.25) is 9.78 Å². The number of aromatic nitrogens is 1. The molecule has 2 heteroatoms. The molecule has 0 saturated heterocycles. The lowest BCUT2D eigenvalue weighted by Crippen LogP contribution is -2.11. The van der Waals surface area contributed by atoms with E-state index in [4.69, 9.17) is 0 Å². The van der Waals surface area contributed by atoms with Crippen LogP contribution in [0.2, 0.25) is 0 Å². The Hall–Kier alpha value is -1.18. The lowest BCUT2D eigenvalue weighted by Gasteiger charge is -2.06. The van der Waals surface area contributed by atoms with Gasteiger partial charge in [-0.15, -0.1) is 0 Å². The van der Waals surface area contributed by atoms with Gasteiger partial charge in [-0.1, -0.05) is 18.9 Å². The summed E-state index contributed by atoms with van der Waals surface area (Å²) in [7, 11) is 0. The monoisotopic (exact) mass is 203 g/mol. The van der Waals surface area contributed by atoms with Crippen molar-refractivity contribution in [3.8, 4) is 0 Å². The molecule has 1 aliphatic carbocycles. The molecule has 1 aromatic rings. The van der Waals surface area contributed by atoms with Crippen molar-refractivity contribution < 1.29 is 4.79 Å². The number of carbonyl (C=O) groups is 1. The van der Waals surface area contributed by atoms with E-state index in [1.54, 1.807) is 6.20 Å². The van der Waals surface area contributed by atoms with Crippen molar-refractivity contribution in [2.24, 2.45) is 5.92 Å². The molecule has 0 aromatic carbocycles. The second-order valence-electron chi connectivity index (χ2n) is 4.27. The number of aryl methyl sites for hydroxylation is 1. The molecule has 1 aliphatic rings. The van der Waals surface area contributed by atoms with Crippen molar-refractivity contribution in [2.75, 3.05) is 0 Å². The first kappa shape index (κ1) is 10.3. The van der Waals surface area contributed by atoms with Gasteiger partial charge in [0, 0.05) is 24.2 Å². The van der Waals surface area contributed by atoms with Crippen LogP contribution >= 0.6 is 0 Å². The van der Waals surface area contributed by atoms with E-state index in [0.29, 0.717) is 18.1 Å². The molecule has 2 rings (SSSR count). The zero-order valence-corrected chi connectivity index (χ0v) is 8.98. The summed E-state index contributed by atoms with van der Waals surface area (Å²) in [6, 6.07) is 5.87. The molecule has 0 unspecified atom stereocenters. The van der Waals surface area contributed by atoms with Gasteiger partial charge in [-0.05, 0) is 31.4 Å². The first-order valence-electron chi connectivity index (χ1n) is 5.79. The van der Waals surface area contributed by atoms with E-state index in [9.17, 15) is 4.79 Å². The van der Waals surface area contributed by atoms with Crippen molar-refractivity contribution >= 4 is 5.78 Å². The third kappa shape index (κ3) is 2.88. The Morgan fingerprint density at radius 2 is 2.13 bits per heavy atom. The molecule has 1 aromatic heterocycles. The Bertz CT molecular complexity index is 315. The van der Waals surface area contributed by atoms with Gasteiger partial charge in [0.1, 0.15) is 5.78 Å². The summed E-state index contributed by atoms with van der Waals surface area (Å²) in [5, 5.41) is 0. The molecule has 0 spiro atoms. The Morgan fingerprint density at radius 1 is 1.33 bits per heavy atom. The topological polar surface area (TPSA) is 30.0 Å². The average Bonchev–Trinajstić information content (AvgIpc) is 2.81. The van der Waals surface area contributed by atoms with Crippen LogP contribution in [0.15, 0.2) is 24.4 Å². The maximum atomic E-state index is 11.8. The zero-order chi connectivity index (χ0) is 10.5. The molecular formula is C13H17NO. The van der Waals surface area contributed by atoms with Crippen molar-refractivity contribution in [2.45, 2.75) is 38.5 Å². The van der Waals surface area contributed by atoms with E-state index in [1.165, 1.54) is 12.8 Å². The standard InChI is InChI=1S/C13H17NO/c15-13(11-5-1-2-6-11)9-8-12-7-3-4-10-14-12/h3-4,7,10-11H,1-2,5-6,8-9H2. The lowest BCUT2D eigenvalue weighted by molar-refractivity contribution is -0.122. The number of Topliss-reactive ketones (excluding diaryl/α,β-unsaturated/α-hetero) is 1. The second kappa shape index (κ2) is 5.06. The predicted molar refractivity (Wildman–Crippen MR) is 59.5 cm³/mol. The predicted octanol–water partition coefficient (Wildman–Crippen LogP) is 2.77. The number of rotatable bonds is 4. The quantitative estimate of drug-likeness (QED) is 0.753. The fourth-order valence-corrected chi connectivity index (χ4v) is 2.25. The first-order valence-corrected chi connectivity index (χ1v) is 5.79. The van der Waals surface area contributed by atoms with Crippen LogP contribution in [0.5, 0.6) is 0 Å². The first-order chi connectivity index (χ1) is 7.36. The van der Waals surface area contributed by atoms with E-state index >= 15 is 0 Å². The smallest absolute Gasteiger partial charge is 0.136 e. The fourth-order valence-electron chi connectivity index (χ4n) is 2.25. The molecule has 0 amide bonds. The summed E-state index contributed by atoms with van der Waals surface area (Å²) in [4.78, 5) is 16.0. The van der Waals surface area contributed by atoms with Gasteiger partial charge in [0.15, 0.2) is 0 Å². The summed E-state index contributed by atoms with van der Waals surface area (Å²) in [5.74, 6) is 0.798. The van der Waals surface area contributed by atoms with E-state index in [1.807, 2.05) is 18.2 Å². The van der Waals surface area contributed by atoms with E-state index < -0.39 is 0 Å². The zero-order valence-electron chi connectivity index (χ0n) is 8.98. The molecule has 80 valence electrons. The molecule has 1 saturated carbocycles. The molecular weight excluding hydrogens is 186 g/mol. The molecule has 0 aliphatic heterocycles. The maximum Gasteiger partial charge on any atom is 0.136 e. The van der Waals surface area contributed by atoms with Crippen LogP contribution in [0.1, 0.15) is 37.8 Å². The SMILES string of the molecule is O=C(CCc1ccccn1)C1CCCC1. The van der Waals surface area contributed by atoms with Gasteiger partial charge in [0.05, 0.1) is 0 Å². The van der Waals surface area contributed by atoms with Gasteiger partial charge < -0.3 is 0 Å². The second-order valence-corrected chi connectivity index (χ2v) is 4.27. The number of hydrogen-bond donors (Lipinski definition) is 0. The van der Waals surface area contributed by atoms with Gasteiger partial charge in [0.25, 0.3) is 0 Å². The third-order valence-corrected chi connectivity index (χ3v) is 3.16. The van der Waals surface area contributed by atoms with Gasteiger partial charge in [-0.25, -0.2) is 0 Å². The van der Waals surface area contributed by atoms with Crippen LogP contribution < -0.4 is 0 Å². The minimum atomic E-state index is 0.355. The van der Waals surface area contributed by atoms with Gasteiger partial charge in [0.2, 0.25) is 0 Å². The number of ketones is 1. The van der Waals surface area contributed by atoms with Crippen LogP contribution in [-0.2, 0) is 11.2 Å². The van der Waals surface area contributed by atoms with Crippen molar-refractivity contribution in [1.29, 1.82) is 0 Å². The Kier molecular flexibility index (Phi) is 3.49. The lowest BCUT2D eigenvalue weighted by atomic mass is 9.98. The number of hydrogen-bond acceptors (Lipinski definition) is 2. The minimum absolute atomic E-state index is 0.355. The molecule has 0 atom stereocenters. The van der Waals surface area contributed by atoms with E-state index in [-0.39, 0.29) is 0 Å². The molecule has 0 N–H and O–H groups in total. The van der Waals surface area contributed by atoms with Crippen LogP contribution in [0.25, 0.3) is 0 Å². The normalized spacial score (nSPS) is 16.8. The maximum absolute atomic E-state index is 11.8. The molecule has 1 heterocycles. The van der Waals surface area contributed by atoms with Crippen molar-refractivity contribution in [3.05, 3.63) is 30.1 Å². The van der Waals surface area contributed by atoms with Crippen molar-refractivity contribution in [1.82, 2.24) is 4.98 Å². The van der Waals surface area contributed by atoms with Crippen LogP contribution in [-0.4, -0.2) is 10.8 Å². The number of carbonyl (C=O) groups excluding carboxylic acids is 1. The van der Waals surface area contributed by atoms with Gasteiger partial charge in [-0.2, -0.15) is 0 Å². The average molecular weight is 203 g/mol. The third-order valence-electron chi connectivity index (χ3n) is 3.16.